The second-order valence-corrected chi connectivity index (χ2v) is 27.4. The first-order valence-electron chi connectivity index (χ1n) is 34.4. The summed E-state index contributed by atoms with van der Waals surface area (Å²) >= 11 is 1.60. The van der Waals surface area contributed by atoms with E-state index >= 15 is 0 Å². The molecule has 16 N–H and O–H groups in total. The van der Waals surface area contributed by atoms with Crippen molar-refractivity contribution in [3.8, 4) is 0 Å². The van der Waals surface area contributed by atoms with Crippen LogP contribution in [0.15, 0.2) is 115 Å². The van der Waals surface area contributed by atoms with Gasteiger partial charge >= 0.3 is 5.97 Å². The Balaban J connectivity index is 1.53. The van der Waals surface area contributed by atoms with Crippen LogP contribution in [0.4, 0.5) is 0 Å². The normalized spacial score (nSPS) is 31.9. The number of likely N-dealkylation sites (N-methyl/N-ethyl adjacent to an activating group) is 1. The third kappa shape index (κ3) is 31.6. The molecule has 2 fully saturated rings. The van der Waals surface area contributed by atoms with Crippen LogP contribution in [-0.2, 0) is 54.1 Å². The van der Waals surface area contributed by atoms with E-state index in [0.717, 1.165) is 11.3 Å². The highest BCUT2D eigenvalue weighted by atomic mass is 32.2. The van der Waals surface area contributed by atoms with Crippen molar-refractivity contribution in [3.63, 3.8) is 0 Å². The van der Waals surface area contributed by atoms with E-state index in [9.17, 15) is 69.9 Å². The fourth-order valence-corrected chi connectivity index (χ4v) is 12.3. The Bertz CT molecular complexity index is 2730. The molecular formula is C72H114N6O19S. The van der Waals surface area contributed by atoms with E-state index in [4.69, 9.17) is 29.4 Å². The van der Waals surface area contributed by atoms with Gasteiger partial charge in [-0.2, -0.15) is 11.8 Å². The second-order valence-electron chi connectivity index (χ2n) is 26.4. The zero-order chi connectivity index (χ0) is 72.3. The highest BCUT2D eigenvalue weighted by Crippen LogP contribution is 2.38. The fourth-order valence-electron chi connectivity index (χ4n) is 11.8. The lowest BCUT2D eigenvalue weighted by Crippen LogP contribution is -2.58. The zero-order valence-electron chi connectivity index (χ0n) is 58.2. The van der Waals surface area contributed by atoms with Gasteiger partial charge in [0.25, 0.3) is 0 Å². The van der Waals surface area contributed by atoms with E-state index in [-0.39, 0.29) is 82.6 Å². The monoisotopic (exact) mass is 1400 g/mol. The molecule has 1 aromatic rings. The maximum atomic E-state index is 14.4. The van der Waals surface area contributed by atoms with Crippen molar-refractivity contribution in [3.05, 3.63) is 121 Å². The van der Waals surface area contributed by atoms with Crippen LogP contribution in [0.2, 0.25) is 0 Å². The van der Waals surface area contributed by atoms with Crippen molar-refractivity contribution in [2.45, 2.75) is 228 Å². The van der Waals surface area contributed by atoms with Crippen molar-refractivity contribution in [2.24, 2.45) is 29.4 Å². The topological polar surface area (TPSA) is 400 Å². The van der Waals surface area contributed by atoms with Crippen LogP contribution in [-0.4, -0.2) is 230 Å². The van der Waals surface area contributed by atoms with Crippen LogP contribution in [0.25, 0.3) is 0 Å². The Hall–Kier alpha value is -5.50. The van der Waals surface area contributed by atoms with Gasteiger partial charge in [0.2, 0.25) is 23.6 Å². The molecule has 4 rings (SSSR count). The first kappa shape index (κ1) is 84.9. The fraction of sp³-hybridized carbons (Fsp3) is 0.653. The van der Waals surface area contributed by atoms with E-state index in [2.05, 4.69) is 26.6 Å². The molecule has 2 saturated heterocycles. The Morgan fingerprint density at radius 2 is 1.28 bits per heavy atom. The van der Waals surface area contributed by atoms with Crippen LogP contribution in [0.3, 0.4) is 0 Å². The first-order chi connectivity index (χ1) is 46.6. The number of esters is 1. The lowest BCUT2D eigenvalue weighted by molar-refractivity contribution is -0.302. The van der Waals surface area contributed by atoms with Gasteiger partial charge in [-0.25, -0.2) is 0 Å². The average molecular weight is 1400 g/mol. The van der Waals surface area contributed by atoms with E-state index in [1.165, 1.54) is 0 Å². The summed E-state index contributed by atoms with van der Waals surface area (Å²) in [4.78, 5) is 68.3. The van der Waals surface area contributed by atoms with Crippen molar-refractivity contribution in [2.75, 3.05) is 45.4 Å². The van der Waals surface area contributed by atoms with Crippen LogP contribution < -0.4 is 32.3 Å². The number of ether oxygens (including phenoxy) is 5. The van der Waals surface area contributed by atoms with Crippen molar-refractivity contribution in [1.82, 2.24) is 26.6 Å². The number of aliphatic hydroxyl groups excluding tert-OH is 8. The molecule has 1 aromatic carbocycles. The highest BCUT2D eigenvalue weighted by Gasteiger charge is 2.50. The predicted octanol–water partition coefficient (Wildman–Crippen LogP) is 2.50. The van der Waals surface area contributed by atoms with E-state index in [0.29, 0.717) is 12.8 Å². The van der Waals surface area contributed by atoms with Crippen molar-refractivity contribution >= 4 is 41.4 Å². The minimum atomic E-state index is -2.33. The zero-order valence-corrected chi connectivity index (χ0v) is 59.0. The number of benzene rings is 1. The number of rotatable bonds is 22. The molecule has 98 heavy (non-hydrogen) atoms. The molecule has 0 aliphatic carbocycles. The van der Waals surface area contributed by atoms with Gasteiger partial charge in [-0.1, -0.05) is 143 Å². The van der Waals surface area contributed by atoms with Gasteiger partial charge in [0.1, 0.15) is 18.2 Å². The van der Waals surface area contributed by atoms with Gasteiger partial charge in [0, 0.05) is 69.5 Å². The Morgan fingerprint density at radius 3 is 1.89 bits per heavy atom. The summed E-state index contributed by atoms with van der Waals surface area (Å²) in [5.74, 6) is -6.45. The molecule has 21 atom stereocenters. The largest absolute Gasteiger partial charge is 0.462 e. The third-order valence-electron chi connectivity index (χ3n) is 17.5. The number of allylic oxidation sites excluding steroid dienone is 12. The molecule has 3 aliphatic rings. The van der Waals surface area contributed by atoms with Gasteiger partial charge in [-0.15, -0.1) is 0 Å². The van der Waals surface area contributed by atoms with E-state index in [1.807, 2.05) is 99.9 Å². The number of aliphatic hydroxyl groups is 9. The molecule has 4 amide bonds. The Labute approximate surface area is 582 Å². The number of carbonyl (C=O) groups excluding carboxylic acids is 5. The highest BCUT2D eigenvalue weighted by molar-refractivity contribution is 7.98. The molecule has 0 aromatic heterocycles. The molecule has 552 valence electrons. The van der Waals surface area contributed by atoms with Crippen LogP contribution in [0.1, 0.15) is 118 Å². The summed E-state index contributed by atoms with van der Waals surface area (Å²) in [5.41, 5.74) is 7.08. The number of nitrogens with one attached hydrogen (secondary N) is 5. The van der Waals surface area contributed by atoms with Gasteiger partial charge in [0.15, 0.2) is 12.1 Å². The maximum Gasteiger partial charge on any atom is 0.308 e. The van der Waals surface area contributed by atoms with Gasteiger partial charge in [0.05, 0.1) is 98.7 Å². The predicted molar refractivity (Wildman–Crippen MR) is 374 cm³/mol. The maximum absolute atomic E-state index is 14.4. The van der Waals surface area contributed by atoms with Crippen molar-refractivity contribution in [1.29, 1.82) is 0 Å². The minimum Gasteiger partial charge on any atom is -0.462 e. The Kier molecular flexibility index (Phi) is 39.3. The summed E-state index contributed by atoms with van der Waals surface area (Å²) in [7, 11) is 1.69. The van der Waals surface area contributed by atoms with E-state index < -0.39 is 171 Å². The molecule has 3 heterocycles. The van der Waals surface area contributed by atoms with Crippen LogP contribution in [0, 0.1) is 23.7 Å². The molecular weight excluding hydrogens is 1280 g/mol. The second kappa shape index (κ2) is 45.4. The van der Waals surface area contributed by atoms with Gasteiger partial charge in [-0.3, -0.25) is 24.0 Å². The average Bonchev–Trinajstić information content (AvgIpc) is 0.783. The number of hydrogen-bond acceptors (Lipinski definition) is 22. The summed E-state index contributed by atoms with van der Waals surface area (Å²) in [5, 5.41) is 115. The molecule has 0 spiro atoms. The quantitative estimate of drug-likeness (QED) is 0.0586. The molecule has 26 heteroatoms. The number of amides is 4. The number of thioether (sulfide) groups is 1. The van der Waals surface area contributed by atoms with Crippen LogP contribution in [0.5, 0.6) is 0 Å². The Morgan fingerprint density at radius 1 is 0.673 bits per heavy atom. The summed E-state index contributed by atoms with van der Waals surface area (Å²) in [6, 6.07) is 5.99. The van der Waals surface area contributed by atoms with Crippen molar-refractivity contribution < 1.29 is 93.6 Å². The number of fused-ring (bicyclic) bond motifs is 2. The molecule has 0 radical (unpaired) electrons. The lowest BCUT2D eigenvalue weighted by atomic mass is 9.82. The molecule has 25 nitrogen and oxygen atoms in total. The number of cyclic esters (lactones) is 1. The molecule has 21 unspecified atom stereocenters. The van der Waals surface area contributed by atoms with Crippen LogP contribution >= 0.6 is 11.8 Å². The number of carbonyl (C=O) groups is 5. The first-order valence-corrected chi connectivity index (χ1v) is 35.8. The molecule has 3 aliphatic heterocycles. The minimum absolute atomic E-state index is 0.0114. The van der Waals surface area contributed by atoms with Gasteiger partial charge in [-0.05, 0) is 76.5 Å². The smallest absolute Gasteiger partial charge is 0.308 e. The van der Waals surface area contributed by atoms with E-state index in [1.54, 1.807) is 82.1 Å². The number of hydrogen-bond donors (Lipinski definition) is 15. The molecule has 0 saturated carbocycles. The third-order valence-corrected chi connectivity index (χ3v) is 18.2. The molecule has 2 bridgehead atoms. The SMILES string of the molecule is CNC(CCSC)C(=O)NC(CC(C)C)C(=O)NC(Cc1ccccc1)C(=O)NCCOCCNC(=O)C1C(O)CC2(O)CC(O)CC(O)C(O)CCC(O)CC(O)CC(=O)OC(C)C(C)C(O)C(C)C=CC=CC=CC=CC=CC=CC=CC(OC3CC(N)C(O)C(C)O3)CC1O2. The lowest BCUT2D eigenvalue weighted by Gasteiger charge is -2.45. The van der Waals surface area contributed by atoms with Gasteiger partial charge < -0.3 is 102 Å². The summed E-state index contributed by atoms with van der Waals surface area (Å²) in [6.07, 6.45) is 9.68. The summed E-state index contributed by atoms with van der Waals surface area (Å²) < 4.78 is 30.2. The number of nitrogens with two attached hydrogens (primary N) is 1. The standard InChI is InChI=1S/C72H114N6O19S/c1-45(2)36-57(77-69(89)56(74-7)30-35-98-8)70(90)78-58(37-50-25-21-19-22-26-50)68(88)75-31-33-93-34-32-76-71(91)65-61(84)44-72(92)43-53(81)39-60(83)59(82)29-28-51(79)38-52(80)40-63(85)94-48(5)47(4)66(86)46(3)24-20-17-15-13-11-9-10-12-14-16-18-23-27-54(41-62(65)97-72)96-64-42-55(73)67(87)49(6)95-64/h9-27,45-49,51-62,64-67,74,79-84,86-87,92H,28-44,73H2,1-8H3,(H,75,88)(H,76,91)(H,77,89)(H,78,90). The summed E-state index contributed by atoms with van der Waals surface area (Å²) in [6.45, 7) is 10.6.